The van der Waals surface area contributed by atoms with Gasteiger partial charge in [0.15, 0.2) is 5.84 Å². The van der Waals surface area contributed by atoms with Crippen LogP contribution in [0.1, 0.15) is 67.8 Å². The van der Waals surface area contributed by atoms with Crippen LogP contribution in [0.4, 0.5) is 0 Å². The second kappa shape index (κ2) is 12.9. The molecule has 3 aliphatic heterocycles. The SMILES string of the molecule is CC1=CC(C)N(C)C(c2ccc(C3N=C(c4ccc(C5N=C(C)C=C(C)N5C)cc4)N=C(c4ccc(-c5ccccc5)cc4)N3)cc2)=N1. The van der Waals surface area contributed by atoms with Gasteiger partial charge in [-0.25, -0.2) is 15.0 Å². The summed E-state index contributed by atoms with van der Waals surface area (Å²) in [6.45, 7) is 8.42. The van der Waals surface area contributed by atoms with Crippen molar-refractivity contribution < 1.29 is 0 Å². The first-order valence-electron chi connectivity index (χ1n) is 16.5. The summed E-state index contributed by atoms with van der Waals surface area (Å²) in [5.41, 5.74) is 10.8. The third-order valence-electron chi connectivity index (χ3n) is 9.34. The number of benzene rings is 4. The zero-order chi connectivity index (χ0) is 33.4. The van der Waals surface area contributed by atoms with Crippen LogP contribution in [0.5, 0.6) is 0 Å². The maximum atomic E-state index is 5.15. The minimum Gasteiger partial charge on any atom is -0.353 e. The molecule has 0 radical (unpaired) electrons. The van der Waals surface area contributed by atoms with Crippen LogP contribution in [0, 0.1) is 0 Å². The lowest BCUT2D eigenvalue weighted by atomic mass is 10.0. The molecule has 3 atom stereocenters. The molecular weight excluding hydrogens is 591 g/mol. The Hall–Kier alpha value is -5.56. The van der Waals surface area contributed by atoms with E-state index in [1.165, 1.54) is 11.3 Å². The lowest BCUT2D eigenvalue weighted by molar-refractivity contribution is 0.315. The highest BCUT2D eigenvalue weighted by molar-refractivity contribution is 6.13. The molecule has 3 aliphatic rings. The molecule has 240 valence electrons. The van der Waals surface area contributed by atoms with Gasteiger partial charge < -0.3 is 15.1 Å². The van der Waals surface area contributed by atoms with Crippen LogP contribution in [-0.4, -0.2) is 53.2 Å². The second-order valence-electron chi connectivity index (χ2n) is 12.8. The van der Waals surface area contributed by atoms with Gasteiger partial charge in [0.1, 0.15) is 24.0 Å². The van der Waals surface area contributed by atoms with Crippen molar-refractivity contribution in [1.29, 1.82) is 0 Å². The van der Waals surface area contributed by atoms with Crippen LogP contribution in [0.25, 0.3) is 11.1 Å². The van der Waals surface area contributed by atoms with E-state index in [1.54, 1.807) is 0 Å². The first kappa shape index (κ1) is 31.1. The van der Waals surface area contributed by atoms with E-state index in [1.807, 2.05) is 6.07 Å². The van der Waals surface area contributed by atoms with Crippen LogP contribution in [0.15, 0.2) is 147 Å². The molecule has 7 rings (SSSR count). The summed E-state index contributed by atoms with van der Waals surface area (Å²) in [4.78, 5) is 24.4. The summed E-state index contributed by atoms with van der Waals surface area (Å²) < 4.78 is 0. The number of hydrogen-bond donors (Lipinski definition) is 1. The minimum absolute atomic E-state index is 0.0532. The fourth-order valence-corrected chi connectivity index (χ4v) is 6.38. The highest BCUT2D eigenvalue weighted by atomic mass is 15.2. The van der Waals surface area contributed by atoms with Crippen LogP contribution < -0.4 is 5.32 Å². The number of amidine groups is 3. The molecule has 7 nitrogen and oxygen atoms in total. The maximum Gasteiger partial charge on any atom is 0.159 e. The highest BCUT2D eigenvalue weighted by Gasteiger charge is 2.24. The smallest absolute Gasteiger partial charge is 0.159 e. The largest absolute Gasteiger partial charge is 0.353 e. The van der Waals surface area contributed by atoms with Crippen molar-refractivity contribution >= 4 is 23.2 Å². The number of allylic oxidation sites excluding steroid dienone is 3. The summed E-state index contributed by atoms with van der Waals surface area (Å²) in [7, 11) is 4.18. The van der Waals surface area contributed by atoms with Gasteiger partial charge in [-0.2, -0.15) is 0 Å². The average Bonchev–Trinajstić information content (AvgIpc) is 3.12. The van der Waals surface area contributed by atoms with Gasteiger partial charge in [-0.3, -0.25) is 4.99 Å². The Bertz CT molecular complexity index is 2000. The van der Waals surface area contributed by atoms with E-state index >= 15 is 0 Å². The molecule has 0 saturated carbocycles. The molecule has 4 aromatic rings. The Labute approximate surface area is 283 Å². The number of hydrogen-bond acceptors (Lipinski definition) is 7. The maximum absolute atomic E-state index is 5.15. The zero-order valence-corrected chi connectivity index (χ0v) is 28.4. The summed E-state index contributed by atoms with van der Waals surface area (Å²) >= 11 is 0. The van der Waals surface area contributed by atoms with Crippen molar-refractivity contribution in [2.75, 3.05) is 14.1 Å². The third kappa shape index (κ3) is 6.24. The summed E-state index contributed by atoms with van der Waals surface area (Å²) in [6, 6.07) is 36.3. The van der Waals surface area contributed by atoms with E-state index in [9.17, 15) is 0 Å². The topological polar surface area (TPSA) is 68.0 Å². The Morgan fingerprint density at radius 2 is 1.21 bits per heavy atom. The standard InChI is InChI=1S/C41H41N7/c1-26-24-28(3)47(5)40(42-26)35-20-16-33(17-21-35)38-44-37(32-14-12-31(13-15-32)30-10-8-7-9-11-30)45-39(46-38)34-18-22-36(23-19-34)41-43-27(2)25-29(4)48(41)6/h7-25,28,38,41H,1-6H3,(H,44,45,46). The van der Waals surface area contributed by atoms with Gasteiger partial charge in [0.05, 0.1) is 0 Å². The van der Waals surface area contributed by atoms with E-state index in [-0.39, 0.29) is 18.4 Å². The van der Waals surface area contributed by atoms with Gasteiger partial charge in [0, 0.05) is 53.9 Å². The normalized spacial score (nSPS) is 20.9. The van der Waals surface area contributed by atoms with E-state index in [0.29, 0.717) is 5.84 Å². The number of likely N-dealkylation sites (N-methyl/N-ethyl adjacent to an activating group) is 1. The molecule has 48 heavy (non-hydrogen) atoms. The first-order chi connectivity index (χ1) is 23.2. The highest BCUT2D eigenvalue weighted by Crippen LogP contribution is 2.30. The molecule has 3 heterocycles. The van der Waals surface area contributed by atoms with Crippen molar-refractivity contribution in [3.05, 3.63) is 154 Å². The summed E-state index contributed by atoms with van der Waals surface area (Å²) in [5.74, 6) is 2.46. The lowest BCUT2D eigenvalue weighted by Crippen LogP contribution is -2.37. The monoisotopic (exact) mass is 631 g/mol. The van der Waals surface area contributed by atoms with E-state index in [2.05, 4.69) is 166 Å². The van der Waals surface area contributed by atoms with Crippen molar-refractivity contribution in [3.8, 4) is 11.1 Å². The number of nitrogens with one attached hydrogen (secondary N) is 1. The van der Waals surface area contributed by atoms with Gasteiger partial charge in [-0.05, 0) is 62.1 Å². The molecule has 0 spiro atoms. The van der Waals surface area contributed by atoms with Gasteiger partial charge in [0.2, 0.25) is 0 Å². The number of nitrogens with zero attached hydrogens (tertiary/aromatic N) is 6. The molecule has 0 aromatic heterocycles. The predicted octanol–water partition coefficient (Wildman–Crippen LogP) is 8.14. The molecular formula is C41H41N7. The molecule has 0 saturated heterocycles. The van der Waals surface area contributed by atoms with Crippen LogP contribution in [-0.2, 0) is 0 Å². The Kier molecular flexibility index (Phi) is 8.36. The van der Waals surface area contributed by atoms with E-state index < -0.39 is 0 Å². The number of aliphatic imine (C=N–C) groups is 4. The summed E-state index contributed by atoms with van der Waals surface area (Å²) in [5, 5.41) is 3.63. The summed E-state index contributed by atoms with van der Waals surface area (Å²) in [6.07, 6.45) is 3.93. The van der Waals surface area contributed by atoms with Crippen molar-refractivity contribution in [1.82, 2.24) is 15.1 Å². The molecule has 4 aromatic carbocycles. The van der Waals surface area contributed by atoms with Crippen LogP contribution in [0.2, 0.25) is 0 Å². The fourth-order valence-electron chi connectivity index (χ4n) is 6.38. The minimum atomic E-state index is -0.314. The van der Waals surface area contributed by atoms with Gasteiger partial charge in [-0.1, -0.05) is 103 Å². The Balaban J connectivity index is 1.22. The molecule has 3 unspecified atom stereocenters. The van der Waals surface area contributed by atoms with Gasteiger partial charge in [-0.15, -0.1) is 0 Å². The molecule has 0 fully saturated rings. The van der Waals surface area contributed by atoms with E-state index in [0.717, 1.165) is 56.5 Å². The molecule has 0 aliphatic carbocycles. The Morgan fingerprint density at radius 3 is 1.92 bits per heavy atom. The van der Waals surface area contributed by atoms with Gasteiger partial charge in [0.25, 0.3) is 0 Å². The Morgan fingerprint density at radius 1 is 0.604 bits per heavy atom. The molecule has 0 bridgehead atoms. The van der Waals surface area contributed by atoms with Gasteiger partial charge >= 0.3 is 0 Å². The lowest BCUT2D eigenvalue weighted by Gasteiger charge is -2.31. The van der Waals surface area contributed by atoms with Crippen molar-refractivity contribution in [2.24, 2.45) is 20.0 Å². The van der Waals surface area contributed by atoms with Crippen LogP contribution >= 0.6 is 0 Å². The molecule has 0 amide bonds. The molecule has 1 N–H and O–H groups in total. The fraction of sp³-hybridized carbons (Fsp3) is 0.220. The van der Waals surface area contributed by atoms with Crippen molar-refractivity contribution in [3.63, 3.8) is 0 Å². The zero-order valence-electron chi connectivity index (χ0n) is 28.4. The number of rotatable bonds is 6. The van der Waals surface area contributed by atoms with E-state index in [4.69, 9.17) is 20.0 Å². The average molecular weight is 632 g/mol. The quantitative estimate of drug-likeness (QED) is 0.234. The van der Waals surface area contributed by atoms with Crippen LogP contribution in [0.3, 0.4) is 0 Å². The molecule has 7 heteroatoms. The first-order valence-corrected chi connectivity index (χ1v) is 16.5. The second-order valence-corrected chi connectivity index (χ2v) is 12.8. The van der Waals surface area contributed by atoms with Crippen molar-refractivity contribution in [2.45, 2.75) is 46.1 Å². The predicted molar refractivity (Wildman–Crippen MR) is 199 cm³/mol. The third-order valence-corrected chi connectivity index (χ3v) is 9.34.